The van der Waals surface area contributed by atoms with Gasteiger partial charge in [0.2, 0.25) is 0 Å². The molecular formula is C22H23Cl4N3O3. The summed E-state index contributed by atoms with van der Waals surface area (Å²) in [4.78, 5) is 27.9. The number of pyridine rings is 1. The van der Waals surface area contributed by atoms with Gasteiger partial charge in [0.15, 0.2) is 0 Å². The highest BCUT2D eigenvalue weighted by atomic mass is 35.5. The molecule has 10 heteroatoms. The SMILES string of the molecule is C[C@H](Nc1ncc(C(=O)NC[C@H]2CC[C@H](C(=O)O)CC2)cc1Cl)c1cc(Cl)cc(Cl)c1Cl. The van der Waals surface area contributed by atoms with E-state index in [1.807, 2.05) is 6.92 Å². The van der Waals surface area contributed by atoms with Crippen LogP contribution in [0.4, 0.5) is 5.82 Å². The van der Waals surface area contributed by atoms with Crippen LogP contribution in [0, 0.1) is 11.8 Å². The van der Waals surface area contributed by atoms with Gasteiger partial charge in [-0.1, -0.05) is 46.4 Å². The number of halogens is 4. The van der Waals surface area contributed by atoms with E-state index in [1.165, 1.54) is 6.20 Å². The summed E-state index contributed by atoms with van der Waals surface area (Å²) >= 11 is 24.8. The Kier molecular flexibility index (Phi) is 8.50. The van der Waals surface area contributed by atoms with Gasteiger partial charge >= 0.3 is 5.97 Å². The number of carbonyl (C=O) groups is 2. The van der Waals surface area contributed by atoms with Crippen LogP contribution in [0.5, 0.6) is 0 Å². The van der Waals surface area contributed by atoms with Crippen molar-refractivity contribution in [1.29, 1.82) is 0 Å². The number of nitrogens with one attached hydrogen (secondary N) is 2. The minimum atomic E-state index is -0.739. The molecule has 3 rings (SSSR count). The summed E-state index contributed by atoms with van der Waals surface area (Å²) in [5.74, 6) is -0.616. The summed E-state index contributed by atoms with van der Waals surface area (Å²) in [7, 11) is 0. The first-order valence-electron chi connectivity index (χ1n) is 10.2. The molecular weight excluding hydrogens is 496 g/mol. The molecule has 1 aromatic heterocycles. The van der Waals surface area contributed by atoms with Crippen LogP contribution < -0.4 is 10.6 Å². The predicted octanol–water partition coefficient (Wildman–Crippen LogP) is 6.49. The molecule has 32 heavy (non-hydrogen) atoms. The molecule has 0 radical (unpaired) electrons. The van der Waals surface area contributed by atoms with Crippen LogP contribution in [0.3, 0.4) is 0 Å². The second-order valence-corrected chi connectivity index (χ2v) is 9.61. The van der Waals surface area contributed by atoms with E-state index in [9.17, 15) is 9.59 Å². The van der Waals surface area contributed by atoms with Crippen LogP contribution in [0.25, 0.3) is 0 Å². The van der Waals surface area contributed by atoms with E-state index >= 15 is 0 Å². The smallest absolute Gasteiger partial charge is 0.306 e. The van der Waals surface area contributed by atoms with Gasteiger partial charge in [-0.15, -0.1) is 0 Å². The Morgan fingerprint density at radius 1 is 1.09 bits per heavy atom. The Morgan fingerprint density at radius 2 is 1.78 bits per heavy atom. The van der Waals surface area contributed by atoms with E-state index in [0.717, 1.165) is 12.8 Å². The predicted molar refractivity (Wildman–Crippen MR) is 128 cm³/mol. The van der Waals surface area contributed by atoms with Gasteiger partial charge in [0.25, 0.3) is 5.91 Å². The molecule has 1 saturated carbocycles. The van der Waals surface area contributed by atoms with Crippen molar-refractivity contribution in [3.63, 3.8) is 0 Å². The van der Waals surface area contributed by atoms with Gasteiger partial charge in [-0.3, -0.25) is 9.59 Å². The first-order chi connectivity index (χ1) is 15.2. The molecule has 1 amide bonds. The van der Waals surface area contributed by atoms with Gasteiger partial charge in [0.05, 0.1) is 32.6 Å². The van der Waals surface area contributed by atoms with Gasteiger partial charge in [-0.05, 0) is 62.3 Å². The number of anilines is 1. The van der Waals surface area contributed by atoms with Crippen LogP contribution >= 0.6 is 46.4 Å². The quantitative estimate of drug-likeness (QED) is 0.364. The molecule has 0 bridgehead atoms. The van der Waals surface area contributed by atoms with Crippen LogP contribution in [0.1, 0.15) is 54.6 Å². The molecule has 0 aliphatic heterocycles. The minimum Gasteiger partial charge on any atom is -0.481 e. The van der Waals surface area contributed by atoms with Crippen LogP contribution in [-0.2, 0) is 4.79 Å². The zero-order chi connectivity index (χ0) is 23.4. The molecule has 0 saturated heterocycles. The lowest BCUT2D eigenvalue weighted by atomic mass is 9.82. The van der Waals surface area contributed by atoms with E-state index in [0.29, 0.717) is 51.4 Å². The third kappa shape index (κ3) is 6.19. The number of benzene rings is 1. The number of hydrogen-bond donors (Lipinski definition) is 3. The zero-order valence-corrected chi connectivity index (χ0v) is 20.3. The topological polar surface area (TPSA) is 91.3 Å². The summed E-state index contributed by atoms with van der Waals surface area (Å²) < 4.78 is 0. The third-order valence-electron chi connectivity index (χ3n) is 5.69. The maximum absolute atomic E-state index is 12.5. The largest absolute Gasteiger partial charge is 0.481 e. The molecule has 1 aliphatic rings. The van der Waals surface area contributed by atoms with E-state index in [4.69, 9.17) is 51.5 Å². The molecule has 1 heterocycles. The van der Waals surface area contributed by atoms with Gasteiger partial charge < -0.3 is 15.7 Å². The van der Waals surface area contributed by atoms with E-state index in [-0.39, 0.29) is 28.8 Å². The van der Waals surface area contributed by atoms with Crippen molar-refractivity contribution in [1.82, 2.24) is 10.3 Å². The Morgan fingerprint density at radius 3 is 2.41 bits per heavy atom. The van der Waals surface area contributed by atoms with Crippen LogP contribution in [0.2, 0.25) is 20.1 Å². The molecule has 2 aromatic rings. The van der Waals surface area contributed by atoms with Crippen molar-refractivity contribution in [2.24, 2.45) is 11.8 Å². The Labute approximate surface area is 206 Å². The lowest BCUT2D eigenvalue weighted by molar-refractivity contribution is -0.143. The molecule has 0 spiro atoms. The second-order valence-electron chi connectivity index (χ2n) is 7.98. The standard InChI is InChI=1S/C22H23Cl4N3O3/c1-11(16-7-15(23)8-17(24)19(16)26)29-20-18(25)6-14(10-27-20)21(30)28-9-12-2-4-13(5-3-12)22(31)32/h6-8,10-13H,2-5,9H2,1H3,(H,27,29)(H,28,30)(H,31,32)/t11-,12-,13-/m0/s1. The molecule has 6 nitrogen and oxygen atoms in total. The number of carboxylic acid groups (broad SMARTS) is 1. The average molecular weight is 519 g/mol. The average Bonchev–Trinajstić information content (AvgIpc) is 2.76. The van der Waals surface area contributed by atoms with Crippen LogP contribution in [-0.4, -0.2) is 28.5 Å². The molecule has 1 atom stereocenters. The third-order valence-corrected chi connectivity index (χ3v) is 7.01. The fourth-order valence-corrected chi connectivity index (χ4v) is 4.80. The number of aromatic nitrogens is 1. The number of amides is 1. The number of rotatable bonds is 7. The molecule has 3 N–H and O–H groups in total. The maximum Gasteiger partial charge on any atom is 0.306 e. The number of nitrogens with zero attached hydrogens (tertiary/aromatic N) is 1. The first-order valence-corrected chi connectivity index (χ1v) is 11.7. The fourth-order valence-electron chi connectivity index (χ4n) is 3.79. The Balaban J connectivity index is 1.59. The van der Waals surface area contributed by atoms with Gasteiger partial charge in [0.1, 0.15) is 5.82 Å². The van der Waals surface area contributed by atoms with Gasteiger partial charge in [-0.2, -0.15) is 0 Å². The summed E-state index contributed by atoms with van der Waals surface area (Å²) in [6, 6.07) is 4.54. The maximum atomic E-state index is 12.5. The second kappa shape index (κ2) is 10.9. The summed E-state index contributed by atoms with van der Waals surface area (Å²) in [5.41, 5.74) is 1.04. The summed E-state index contributed by atoms with van der Waals surface area (Å²) in [6.07, 6.45) is 4.30. The zero-order valence-electron chi connectivity index (χ0n) is 17.3. The molecule has 1 aliphatic carbocycles. The van der Waals surface area contributed by atoms with E-state index in [1.54, 1.807) is 18.2 Å². The Bertz CT molecular complexity index is 1010. The van der Waals surface area contributed by atoms with Crippen molar-refractivity contribution >= 4 is 64.1 Å². The fraction of sp³-hybridized carbons (Fsp3) is 0.409. The lowest BCUT2D eigenvalue weighted by Gasteiger charge is -2.26. The Hall–Kier alpha value is -1.73. The summed E-state index contributed by atoms with van der Waals surface area (Å²) in [5, 5.41) is 16.6. The number of carbonyl (C=O) groups excluding carboxylic acids is 1. The highest BCUT2D eigenvalue weighted by Gasteiger charge is 2.26. The molecule has 1 aromatic carbocycles. The minimum absolute atomic E-state index is 0.272. The molecule has 1 fully saturated rings. The van der Waals surface area contributed by atoms with Crippen molar-refractivity contribution in [2.45, 2.75) is 38.6 Å². The van der Waals surface area contributed by atoms with Crippen molar-refractivity contribution < 1.29 is 14.7 Å². The first kappa shape index (κ1) is 24.9. The van der Waals surface area contributed by atoms with E-state index < -0.39 is 5.97 Å². The number of aliphatic carboxylic acids is 1. The highest BCUT2D eigenvalue weighted by Crippen LogP contribution is 2.35. The lowest BCUT2D eigenvalue weighted by Crippen LogP contribution is -2.32. The van der Waals surface area contributed by atoms with Crippen LogP contribution in [0.15, 0.2) is 24.4 Å². The van der Waals surface area contributed by atoms with Crippen molar-refractivity contribution in [2.75, 3.05) is 11.9 Å². The monoisotopic (exact) mass is 517 g/mol. The number of carboxylic acids is 1. The summed E-state index contributed by atoms with van der Waals surface area (Å²) in [6.45, 7) is 2.36. The van der Waals surface area contributed by atoms with Crippen molar-refractivity contribution in [3.05, 3.63) is 55.6 Å². The van der Waals surface area contributed by atoms with Gasteiger partial charge in [-0.25, -0.2) is 4.98 Å². The normalized spacial score (nSPS) is 19.3. The number of hydrogen-bond acceptors (Lipinski definition) is 4. The van der Waals surface area contributed by atoms with Crippen molar-refractivity contribution in [3.8, 4) is 0 Å². The van der Waals surface area contributed by atoms with Gasteiger partial charge in [0, 0.05) is 17.8 Å². The molecule has 172 valence electrons. The highest BCUT2D eigenvalue weighted by molar-refractivity contribution is 6.43. The molecule has 0 unspecified atom stereocenters. The van der Waals surface area contributed by atoms with E-state index in [2.05, 4.69) is 15.6 Å².